The average Bonchev–Trinajstić information content (AvgIpc) is 2.89. The molecule has 4 aromatic carbocycles. The second kappa shape index (κ2) is 11.2. The molecule has 7 nitrogen and oxygen atoms in total. The van der Waals surface area contributed by atoms with E-state index in [0.29, 0.717) is 12.8 Å². The third kappa shape index (κ3) is 6.37. The lowest BCUT2D eigenvalue weighted by atomic mass is 9.98. The number of hydrogen-bond acceptors (Lipinski definition) is 5. The predicted molar refractivity (Wildman–Crippen MR) is 133 cm³/mol. The minimum Gasteiger partial charge on any atom is -0.365 e. The Bertz CT molecular complexity index is 1160. The lowest BCUT2D eigenvalue weighted by Gasteiger charge is -2.26. The largest absolute Gasteiger partial charge is 0.365 e. The van der Waals surface area contributed by atoms with Crippen molar-refractivity contribution in [1.82, 2.24) is 0 Å². The van der Waals surface area contributed by atoms with Gasteiger partial charge in [0.2, 0.25) is 0 Å². The van der Waals surface area contributed by atoms with Crippen molar-refractivity contribution in [2.24, 2.45) is 0 Å². The van der Waals surface area contributed by atoms with Gasteiger partial charge in [0.1, 0.15) is 0 Å². The van der Waals surface area contributed by atoms with E-state index in [2.05, 4.69) is 0 Å². The molecule has 2 unspecified atom stereocenters. The van der Waals surface area contributed by atoms with Gasteiger partial charge in [-0.3, -0.25) is 20.2 Å². The third-order valence-corrected chi connectivity index (χ3v) is 5.81. The maximum absolute atomic E-state index is 11.1. The van der Waals surface area contributed by atoms with E-state index >= 15 is 0 Å². The molecular weight excluding hydrogens is 444 g/mol. The van der Waals surface area contributed by atoms with Crippen molar-refractivity contribution in [3.63, 3.8) is 0 Å². The van der Waals surface area contributed by atoms with E-state index in [1.54, 1.807) is 24.3 Å². The van der Waals surface area contributed by atoms with Gasteiger partial charge in [-0.15, -0.1) is 0 Å². The first-order valence-corrected chi connectivity index (χ1v) is 11.2. The number of benzene rings is 4. The normalized spacial score (nSPS) is 12.6. The van der Waals surface area contributed by atoms with Gasteiger partial charge in [0, 0.05) is 37.1 Å². The second-order valence-corrected chi connectivity index (χ2v) is 8.19. The number of rotatable bonds is 10. The number of hydrogen-bond donors (Lipinski definition) is 0. The van der Waals surface area contributed by atoms with Crippen LogP contribution in [0.15, 0.2) is 109 Å². The molecule has 0 fully saturated rings. The van der Waals surface area contributed by atoms with Crippen LogP contribution in [0.5, 0.6) is 0 Å². The van der Waals surface area contributed by atoms with E-state index < -0.39 is 9.85 Å². The minimum atomic E-state index is -0.425. The zero-order valence-electron chi connectivity index (χ0n) is 18.9. The first-order chi connectivity index (χ1) is 17.0. The Morgan fingerprint density at radius 2 is 0.886 bits per heavy atom. The molecule has 176 valence electrons. The lowest BCUT2D eigenvalue weighted by Crippen LogP contribution is -2.15. The van der Waals surface area contributed by atoms with Crippen molar-refractivity contribution in [2.45, 2.75) is 25.0 Å². The molecule has 0 saturated carbocycles. The fourth-order valence-electron chi connectivity index (χ4n) is 3.97. The number of non-ortho nitro benzene ring substituents is 2. The van der Waals surface area contributed by atoms with Crippen molar-refractivity contribution in [2.75, 3.05) is 0 Å². The van der Waals surface area contributed by atoms with Crippen LogP contribution in [-0.4, -0.2) is 9.85 Å². The summed E-state index contributed by atoms with van der Waals surface area (Å²) in [6, 6.07) is 32.6. The maximum atomic E-state index is 11.1. The first kappa shape index (κ1) is 23.8. The van der Waals surface area contributed by atoms with Gasteiger partial charge in [0.25, 0.3) is 11.4 Å². The third-order valence-electron chi connectivity index (χ3n) is 5.81. The summed E-state index contributed by atoms with van der Waals surface area (Å²) >= 11 is 0. The van der Waals surface area contributed by atoms with E-state index in [0.717, 1.165) is 22.3 Å². The summed E-state index contributed by atoms with van der Waals surface area (Å²) in [6.45, 7) is 0. The van der Waals surface area contributed by atoms with Gasteiger partial charge in [-0.05, 0) is 46.5 Å². The quantitative estimate of drug-likeness (QED) is 0.189. The van der Waals surface area contributed by atoms with Crippen LogP contribution in [0.1, 0.15) is 34.5 Å². The van der Waals surface area contributed by atoms with E-state index in [1.165, 1.54) is 24.3 Å². The summed E-state index contributed by atoms with van der Waals surface area (Å²) in [4.78, 5) is 21.4. The molecule has 0 heterocycles. The fourth-order valence-corrected chi connectivity index (χ4v) is 3.97. The monoisotopic (exact) mass is 468 g/mol. The zero-order valence-corrected chi connectivity index (χ0v) is 18.9. The number of nitrogens with zero attached hydrogens (tertiary/aromatic N) is 2. The van der Waals surface area contributed by atoms with E-state index in [9.17, 15) is 20.2 Å². The molecule has 0 aromatic heterocycles. The molecule has 0 amide bonds. The maximum Gasteiger partial charge on any atom is 0.269 e. The lowest BCUT2D eigenvalue weighted by molar-refractivity contribution is -0.385. The van der Waals surface area contributed by atoms with E-state index in [-0.39, 0.29) is 23.6 Å². The highest BCUT2D eigenvalue weighted by atomic mass is 16.6. The van der Waals surface area contributed by atoms with Gasteiger partial charge in [0.15, 0.2) is 0 Å². The van der Waals surface area contributed by atoms with Crippen LogP contribution in [0.3, 0.4) is 0 Å². The van der Waals surface area contributed by atoms with Gasteiger partial charge in [0.05, 0.1) is 22.1 Å². The van der Waals surface area contributed by atoms with Crippen LogP contribution >= 0.6 is 0 Å². The molecule has 0 aliphatic heterocycles. The Morgan fingerprint density at radius 3 is 1.20 bits per heavy atom. The molecule has 35 heavy (non-hydrogen) atoms. The molecule has 0 spiro atoms. The van der Waals surface area contributed by atoms with Crippen molar-refractivity contribution < 1.29 is 14.6 Å². The molecule has 0 bridgehead atoms. The fraction of sp³-hybridized carbons (Fsp3) is 0.143. The highest BCUT2D eigenvalue weighted by Gasteiger charge is 2.23. The van der Waals surface area contributed by atoms with Crippen LogP contribution in [0.25, 0.3) is 0 Å². The Balaban J connectivity index is 1.68. The highest BCUT2D eigenvalue weighted by molar-refractivity contribution is 5.36. The molecule has 2 atom stereocenters. The Kier molecular flexibility index (Phi) is 7.60. The standard InChI is InChI=1S/C28H24N2O5/c31-29(32)25-15-11-23(12-16-25)27(19-21-7-3-1-4-8-21)35-28(20-22-9-5-2-6-10-22)24-13-17-26(18-14-24)30(33)34/h1-18,27-28H,19-20H2. The predicted octanol–water partition coefficient (Wildman–Crippen LogP) is 6.79. The molecule has 0 N–H and O–H groups in total. The molecule has 0 aliphatic rings. The number of nitro benzene ring substituents is 2. The van der Waals surface area contributed by atoms with Crippen LogP contribution in [-0.2, 0) is 17.6 Å². The highest BCUT2D eigenvalue weighted by Crippen LogP contribution is 2.33. The molecule has 7 heteroatoms. The SMILES string of the molecule is O=[N+]([O-])c1ccc(C(Cc2ccccc2)OC(Cc2ccccc2)c2ccc([N+](=O)[O-])cc2)cc1. The second-order valence-electron chi connectivity index (χ2n) is 8.19. The summed E-state index contributed by atoms with van der Waals surface area (Å²) in [5.41, 5.74) is 3.81. The Morgan fingerprint density at radius 1 is 0.543 bits per heavy atom. The number of ether oxygens (including phenoxy) is 1. The van der Waals surface area contributed by atoms with Gasteiger partial charge >= 0.3 is 0 Å². The number of nitro groups is 2. The summed E-state index contributed by atoms with van der Waals surface area (Å²) in [7, 11) is 0. The van der Waals surface area contributed by atoms with Gasteiger partial charge < -0.3 is 4.74 Å². The van der Waals surface area contributed by atoms with Crippen molar-refractivity contribution in [1.29, 1.82) is 0 Å². The summed E-state index contributed by atoms with van der Waals surface area (Å²) in [5.74, 6) is 0. The summed E-state index contributed by atoms with van der Waals surface area (Å²) in [6.07, 6.45) is 0.359. The van der Waals surface area contributed by atoms with Gasteiger partial charge in [-0.1, -0.05) is 60.7 Å². The molecule has 0 aliphatic carbocycles. The molecular formula is C28H24N2O5. The summed E-state index contributed by atoms with van der Waals surface area (Å²) in [5, 5.41) is 22.3. The van der Waals surface area contributed by atoms with Crippen molar-refractivity contribution >= 4 is 11.4 Å². The topological polar surface area (TPSA) is 95.5 Å². The molecule has 4 aromatic rings. The molecule has 4 rings (SSSR count). The van der Waals surface area contributed by atoms with E-state index in [4.69, 9.17) is 4.74 Å². The van der Waals surface area contributed by atoms with Gasteiger partial charge in [-0.2, -0.15) is 0 Å². The van der Waals surface area contributed by atoms with Crippen molar-refractivity contribution in [3.8, 4) is 0 Å². The van der Waals surface area contributed by atoms with Crippen LogP contribution in [0.2, 0.25) is 0 Å². The minimum absolute atomic E-state index is 0.0171. The van der Waals surface area contributed by atoms with E-state index in [1.807, 2.05) is 60.7 Å². The van der Waals surface area contributed by atoms with Crippen molar-refractivity contribution in [3.05, 3.63) is 152 Å². The Hall–Kier alpha value is -4.36. The van der Waals surface area contributed by atoms with Gasteiger partial charge in [-0.25, -0.2) is 0 Å². The molecule has 0 saturated heterocycles. The average molecular weight is 469 g/mol. The van der Waals surface area contributed by atoms with Crippen LogP contribution < -0.4 is 0 Å². The summed E-state index contributed by atoms with van der Waals surface area (Å²) < 4.78 is 6.69. The molecule has 0 radical (unpaired) electrons. The zero-order chi connectivity index (χ0) is 24.6. The van der Waals surface area contributed by atoms with Crippen LogP contribution in [0.4, 0.5) is 11.4 Å². The van der Waals surface area contributed by atoms with Crippen LogP contribution in [0, 0.1) is 20.2 Å². The first-order valence-electron chi connectivity index (χ1n) is 11.2. The Labute approximate surface area is 202 Å². The smallest absolute Gasteiger partial charge is 0.269 e.